The van der Waals surface area contributed by atoms with Crippen LogP contribution in [-0.2, 0) is 9.59 Å². The van der Waals surface area contributed by atoms with Crippen LogP contribution in [0.5, 0.6) is 11.5 Å². The third kappa shape index (κ3) is 5.63. The number of anilines is 2. The molecule has 0 bridgehead atoms. The molecule has 164 valence electrons. The van der Waals surface area contributed by atoms with Gasteiger partial charge >= 0.3 is 0 Å². The van der Waals surface area contributed by atoms with Crippen molar-refractivity contribution in [2.45, 2.75) is 45.6 Å². The minimum Gasteiger partial charge on any atom is -0.494 e. The van der Waals surface area contributed by atoms with Gasteiger partial charge in [0.05, 0.1) is 12.3 Å². The monoisotopic (exact) mass is 424 g/mol. The zero-order valence-corrected chi connectivity index (χ0v) is 18.1. The maximum atomic E-state index is 12.6. The van der Waals surface area contributed by atoms with Gasteiger partial charge in [-0.05, 0) is 55.8 Å². The molecule has 1 atom stereocenters. The molecule has 0 saturated carbocycles. The van der Waals surface area contributed by atoms with Crippen molar-refractivity contribution in [2.24, 2.45) is 0 Å². The normalized spacial score (nSPS) is 15.1. The standard InChI is InChI=1S/C24H28N2O5/c1-4-5-14-30-19-9-7-18(8-10-19)25-23(28)13-11-21(27)17-6-12-22-20(15-17)26(3)24(29)16(2)31-22/h6-10,12,15-16H,4-5,11,13-14H2,1-3H3,(H,25,28). The van der Waals surface area contributed by atoms with Gasteiger partial charge < -0.3 is 19.7 Å². The lowest BCUT2D eigenvalue weighted by atomic mass is 10.0. The number of benzene rings is 2. The van der Waals surface area contributed by atoms with Crippen molar-refractivity contribution in [1.82, 2.24) is 0 Å². The van der Waals surface area contributed by atoms with Crippen molar-refractivity contribution in [2.75, 3.05) is 23.9 Å². The van der Waals surface area contributed by atoms with E-state index in [4.69, 9.17) is 9.47 Å². The maximum absolute atomic E-state index is 12.6. The average molecular weight is 424 g/mol. The zero-order chi connectivity index (χ0) is 22.4. The molecule has 1 heterocycles. The van der Waals surface area contributed by atoms with Crippen molar-refractivity contribution < 1.29 is 23.9 Å². The summed E-state index contributed by atoms with van der Waals surface area (Å²) in [5.41, 5.74) is 1.65. The van der Waals surface area contributed by atoms with E-state index in [1.54, 1.807) is 44.3 Å². The van der Waals surface area contributed by atoms with E-state index in [0.717, 1.165) is 18.6 Å². The molecule has 31 heavy (non-hydrogen) atoms. The highest BCUT2D eigenvalue weighted by Gasteiger charge is 2.29. The van der Waals surface area contributed by atoms with E-state index in [2.05, 4.69) is 12.2 Å². The molecule has 0 aliphatic carbocycles. The summed E-state index contributed by atoms with van der Waals surface area (Å²) >= 11 is 0. The Morgan fingerprint density at radius 1 is 1.13 bits per heavy atom. The fourth-order valence-corrected chi connectivity index (χ4v) is 3.25. The Morgan fingerprint density at radius 2 is 1.87 bits per heavy atom. The first-order valence-corrected chi connectivity index (χ1v) is 10.5. The molecule has 2 amide bonds. The van der Waals surface area contributed by atoms with Crippen LogP contribution in [0.1, 0.15) is 49.9 Å². The summed E-state index contributed by atoms with van der Waals surface area (Å²) in [6, 6.07) is 12.2. The topological polar surface area (TPSA) is 84.9 Å². The van der Waals surface area contributed by atoms with E-state index in [-0.39, 0.29) is 30.4 Å². The molecular weight excluding hydrogens is 396 g/mol. The van der Waals surface area contributed by atoms with Crippen molar-refractivity contribution in [3.05, 3.63) is 48.0 Å². The van der Waals surface area contributed by atoms with Crippen molar-refractivity contribution >= 4 is 29.0 Å². The van der Waals surface area contributed by atoms with Gasteiger partial charge in [0.2, 0.25) is 5.91 Å². The Balaban J connectivity index is 1.53. The summed E-state index contributed by atoms with van der Waals surface area (Å²) < 4.78 is 11.2. The summed E-state index contributed by atoms with van der Waals surface area (Å²) in [7, 11) is 1.65. The van der Waals surface area contributed by atoms with Crippen molar-refractivity contribution in [3.8, 4) is 11.5 Å². The van der Waals surface area contributed by atoms with Gasteiger partial charge in [-0.1, -0.05) is 13.3 Å². The van der Waals surface area contributed by atoms with Crippen LogP contribution in [0, 0.1) is 0 Å². The number of carbonyl (C=O) groups excluding carboxylic acids is 3. The first-order chi connectivity index (χ1) is 14.9. The number of ketones is 1. The zero-order valence-electron chi connectivity index (χ0n) is 18.1. The lowest BCUT2D eigenvalue weighted by Gasteiger charge is -2.30. The quantitative estimate of drug-likeness (QED) is 0.481. The first-order valence-electron chi connectivity index (χ1n) is 10.5. The van der Waals surface area contributed by atoms with Gasteiger partial charge in [0, 0.05) is 31.1 Å². The fourth-order valence-electron chi connectivity index (χ4n) is 3.25. The molecule has 7 heteroatoms. The summed E-state index contributed by atoms with van der Waals surface area (Å²) in [5.74, 6) is 0.743. The molecule has 3 rings (SSSR count). The van der Waals surface area contributed by atoms with Gasteiger partial charge in [-0.2, -0.15) is 0 Å². The van der Waals surface area contributed by atoms with E-state index in [9.17, 15) is 14.4 Å². The number of unbranched alkanes of at least 4 members (excludes halogenated alkanes) is 1. The number of nitrogens with zero attached hydrogens (tertiary/aromatic N) is 1. The van der Waals surface area contributed by atoms with E-state index in [1.807, 2.05) is 12.1 Å². The lowest BCUT2D eigenvalue weighted by Crippen LogP contribution is -2.42. The number of ether oxygens (including phenoxy) is 2. The maximum Gasteiger partial charge on any atom is 0.267 e. The highest BCUT2D eigenvalue weighted by atomic mass is 16.5. The number of Topliss-reactive ketones (excluding diaryl/α,β-unsaturated/α-hetero) is 1. The predicted molar refractivity (Wildman–Crippen MR) is 119 cm³/mol. The molecule has 2 aromatic rings. The Bertz CT molecular complexity index is 955. The van der Waals surface area contributed by atoms with Crippen LogP contribution in [0.25, 0.3) is 0 Å². The lowest BCUT2D eigenvalue weighted by molar-refractivity contribution is -0.125. The molecule has 0 saturated heterocycles. The SMILES string of the molecule is CCCCOc1ccc(NC(=O)CCC(=O)c2ccc3c(c2)N(C)C(=O)C(C)O3)cc1. The van der Waals surface area contributed by atoms with E-state index in [0.29, 0.717) is 29.3 Å². The third-order valence-electron chi connectivity index (χ3n) is 5.11. The second-order valence-electron chi connectivity index (χ2n) is 7.54. The minimum absolute atomic E-state index is 0.0625. The molecule has 0 fully saturated rings. The molecular formula is C24H28N2O5. The fraction of sp³-hybridized carbons (Fsp3) is 0.375. The Labute approximate surface area is 182 Å². The third-order valence-corrected chi connectivity index (χ3v) is 5.11. The van der Waals surface area contributed by atoms with Gasteiger partial charge in [-0.25, -0.2) is 0 Å². The molecule has 0 radical (unpaired) electrons. The molecule has 1 aliphatic heterocycles. The van der Waals surface area contributed by atoms with Gasteiger partial charge in [0.25, 0.3) is 5.91 Å². The van der Waals surface area contributed by atoms with Gasteiger partial charge in [0.15, 0.2) is 11.9 Å². The number of amides is 2. The molecule has 1 aliphatic rings. The Kier molecular flexibility index (Phi) is 7.28. The largest absolute Gasteiger partial charge is 0.494 e. The van der Waals surface area contributed by atoms with Gasteiger partial charge in [-0.3, -0.25) is 14.4 Å². The Hall–Kier alpha value is -3.35. The number of hydrogen-bond acceptors (Lipinski definition) is 5. The van der Waals surface area contributed by atoms with Crippen LogP contribution < -0.4 is 19.7 Å². The highest BCUT2D eigenvalue weighted by Crippen LogP contribution is 2.34. The van der Waals surface area contributed by atoms with Crippen LogP contribution >= 0.6 is 0 Å². The van der Waals surface area contributed by atoms with Crippen LogP contribution in [-0.4, -0.2) is 37.4 Å². The van der Waals surface area contributed by atoms with Crippen LogP contribution in [0.2, 0.25) is 0 Å². The molecule has 1 N–H and O–H groups in total. The van der Waals surface area contributed by atoms with E-state index in [1.165, 1.54) is 4.90 Å². The number of rotatable bonds is 9. The summed E-state index contributed by atoms with van der Waals surface area (Å²) in [4.78, 5) is 38.4. The second kappa shape index (κ2) is 10.1. The molecule has 0 aromatic heterocycles. The number of hydrogen-bond donors (Lipinski definition) is 1. The average Bonchev–Trinajstić information content (AvgIpc) is 2.77. The van der Waals surface area contributed by atoms with Crippen LogP contribution in [0.15, 0.2) is 42.5 Å². The van der Waals surface area contributed by atoms with Crippen molar-refractivity contribution in [3.63, 3.8) is 0 Å². The number of likely N-dealkylation sites (N-methyl/N-ethyl adjacent to an activating group) is 1. The molecule has 1 unspecified atom stereocenters. The van der Waals surface area contributed by atoms with Gasteiger partial charge in [-0.15, -0.1) is 0 Å². The molecule has 7 nitrogen and oxygen atoms in total. The summed E-state index contributed by atoms with van der Waals surface area (Å²) in [5, 5.41) is 2.79. The predicted octanol–water partition coefficient (Wildman–Crippen LogP) is 4.21. The van der Waals surface area contributed by atoms with E-state index < -0.39 is 6.10 Å². The highest BCUT2D eigenvalue weighted by molar-refractivity contribution is 6.04. The Morgan fingerprint density at radius 3 is 2.58 bits per heavy atom. The summed E-state index contributed by atoms with van der Waals surface area (Å²) in [6.45, 7) is 4.46. The summed E-state index contributed by atoms with van der Waals surface area (Å²) in [6.07, 6.45) is 1.64. The van der Waals surface area contributed by atoms with E-state index >= 15 is 0 Å². The number of carbonyl (C=O) groups is 3. The number of nitrogens with one attached hydrogen (secondary N) is 1. The molecule has 2 aromatic carbocycles. The van der Waals surface area contributed by atoms with Crippen LogP contribution in [0.3, 0.4) is 0 Å². The molecule has 0 spiro atoms. The van der Waals surface area contributed by atoms with Gasteiger partial charge in [0.1, 0.15) is 11.5 Å². The van der Waals surface area contributed by atoms with Crippen molar-refractivity contribution in [1.29, 1.82) is 0 Å². The van der Waals surface area contributed by atoms with Crippen LogP contribution in [0.4, 0.5) is 11.4 Å². The first kappa shape index (κ1) is 22.3. The number of fused-ring (bicyclic) bond motifs is 1. The smallest absolute Gasteiger partial charge is 0.267 e. The minimum atomic E-state index is -0.556. The second-order valence-corrected chi connectivity index (χ2v) is 7.54.